The van der Waals surface area contributed by atoms with Gasteiger partial charge < -0.3 is 4.74 Å². The summed E-state index contributed by atoms with van der Waals surface area (Å²) in [5, 5.41) is 0.762. The highest BCUT2D eigenvalue weighted by atomic mass is 35.5. The molecule has 5 aliphatic rings. The average Bonchev–Trinajstić information content (AvgIpc) is 3.55. The van der Waals surface area contributed by atoms with Crippen LogP contribution >= 0.6 is 23.2 Å². The van der Waals surface area contributed by atoms with Gasteiger partial charge in [0.05, 0.1) is 17.5 Å². The van der Waals surface area contributed by atoms with E-state index < -0.39 is 0 Å². The summed E-state index contributed by atoms with van der Waals surface area (Å²) >= 11 is 11.9. The molecule has 6 atom stereocenters. The van der Waals surface area contributed by atoms with Crippen molar-refractivity contribution in [3.63, 3.8) is 0 Å². The molecule has 7 heteroatoms. The number of Topliss-reactive ketones (excluding diaryl/α,β-unsaturated/α-hetero) is 1. The minimum atomic E-state index is -0.256. The molecular formula is C25H19Cl2NO4. The van der Waals surface area contributed by atoms with E-state index in [1.165, 1.54) is 17.0 Å². The van der Waals surface area contributed by atoms with Crippen LogP contribution < -0.4 is 9.64 Å². The maximum absolute atomic E-state index is 13.2. The fourth-order valence-corrected chi connectivity index (χ4v) is 6.38. The lowest BCUT2D eigenvalue weighted by Crippen LogP contribution is -2.40. The van der Waals surface area contributed by atoms with Gasteiger partial charge in [-0.25, -0.2) is 0 Å². The molecule has 0 N–H and O–H groups in total. The van der Waals surface area contributed by atoms with E-state index in [4.69, 9.17) is 27.9 Å². The van der Waals surface area contributed by atoms with Gasteiger partial charge in [0.15, 0.2) is 12.4 Å². The van der Waals surface area contributed by atoms with Crippen molar-refractivity contribution in [3.8, 4) is 5.75 Å². The molecule has 2 amide bonds. The van der Waals surface area contributed by atoms with Crippen LogP contribution in [0.5, 0.6) is 5.75 Å². The van der Waals surface area contributed by atoms with Crippen LogP contribution in [0, 0.1) is 35.5 Å². The van der Waals surface area contributed by atoms with Crippen LogP contribution in [0.25, 0.3) is 0 Å². The highest BCUT2D eigenvalue weighted by molar-refractivity contribution is 6.35. The zero-order valence-corrected chi connectivity index (χ0v) is 18.4. The first-order chi connectivity index (χ1) is 15.4. The Kier molecular flexibility index (Phi) is 4.50. The average molecular weight is 468 g/mol. The van der Waals surface area contributed by atoms with E-state index in [9.17, 15) is 14.4 Å². The predicted molar refractivity (Wildman–Crippen MR) is 120 cm³/mol. The fraction of sp³-hybridized carbons (Fsp3) is 0.320. The Labute approximate surface area is 194 Å². The molecule has 2 saturated carbocycles. The number of rotatable bonds is 5. The number of benzene rings is 2. The van der Waals surface area contributed by atoms with Crippen LogP contribution in [0.15, 0.2) is 54.6 Å². The number of anilines is 1. The Balaban J connectivity index is 1.16. The molecule has 2 aromatic rings. The largest absolute Gasteiger partial charge is 0.485 e. The van der Waals surface area contributed by atoms with Crippen LogP contribution in [-0.2, 0) is 9.59 Å². The predicted octanol–water partition coefficient (Wildman–Crippen LogP) is 4.81. The van der Waals surface area contributed by atoms with Gasteiger partial charge in [0.25, 0.3) is 0 Å². The van der Waals surface area contributed by atoms with Gasteiger partial charge in [-0.2, -0.15) is 0 Å². The molecule has 0 radical (unpaired) electrons. The monoisotopic (exact) mass is 467 g/mol. The summed E-state index contributed by atoms with van der Waals surface area (Å²) in [6.45, 7) is -0.181. The van der Waals surface area contributed by atoms with Gasteiger partial charge in [0, 0.05) is 15.6 Å². The molecule has 162 valence electrons. The third kappa shape index (κ3) is 3.02. The van der Waals surface area contributed by atoms with Gasteiger partial charge >= 0.3 is 0 Å². The number of carbonyl (C=O) groups is 3. The fourth-order valence-electron chi connectivity index (χ4n) is 5.85. The molecule has 5 nitrogen and oxygen atoms in total. The Morgan fingerprint density at radius 2 is 1.47 bits per heavy atom. The first kappa shape index (κ1) is 20.0. The smallest absolute Gasteiger partial charge is 0.238 e. The number of nitrogens with zero attached hydrogens (tertiary/aromatic N) is 1. The molecule has 1 saturated heterocycles. The van der Waals surface area contributed by atoms with Crippen molar-refractivity contribution in [3.05, 3.63) is 70.2 Å². The quantitative estimate of drug-likeness (QED) is 0.359. The standard InChI is InChI=1S/C25H19Cl2NO4/c26-13-7-12(8-14(27)9-13)21(29)11-32-16-3-1-15(2-4-16)28-24(30)22-17-5-6-18(20-10-19(17)20)23(22)25(28)31/h1-9,17-20,22-23H,10-11H2/t17-,18?,19?,20-,22-,23+/m0/s1. The molecule has 7 rings (SSSR count). The number of ether oxygens (including phenoxy) is 1. The van der Waals surface area contributed by atoms with Gasteiger partial charge in [-0.15, -0.1) is 0 Å². The van der Waals surface area contributed by atoms with Crippen molar-refractivity contribution in [1.29, 1.82) is 0 Å². The summed E-state index contributed by atoms with van der Waals surface area (Å²) in [5.74, 6) is 1.13. The van der Waals surface area contributed by atoms with Gasteiger partial charge in [-0.05, 0) is 72.6 Å². The maximum Gasteiger partial charge on any atom is 0.238 e. The molecular weight excluding hydrogens is 449 g/mol. The number of amides is 2. The van der Waals surface area contributed by atoms with Gasteiger partial charge in [0.1, 0.15) is 5.75 Å². The Bertz CT molecular complexity index is 1130. The van der Waals surface area contributed by atoms with E-state index in [1.807, 2.05) is 0 Å². The van der Waals surface area contributed by atoms with Crippen LogP contribution in [0.3, 0.4) is 0 Å². The number of carbonyl (C=O) groups excluding carboxylic acids is 3. The SMILES string of the molecule is O=C(COc1ccc(N2C(=O)[C@@H]3[C@H](C2=O)C2C=C[C@H]3C3C[C@@H]23)cc1)c1cc(Cl)cc(Cl)c1. The third-order valence-electron chi connectivity index (χ3n) is 7.31. The van der Waals surface area contributed by atoms with E-state index in [-0.39, 0.29) is 47.9 Å². The lowest BCUT2D eigenvalue weighted by molar-refractivity contribution is -0.124. The molecule has 0 aromatic heterocycles. The Morgan fingerprint density at radius 1 is 0.906 bits per heavy atom. The maximum atomic E-state index is 13.2. The van der Waals surface area contributed by atoms with Crippen LogP contribution in [0.4, 0.5) is 5.69 Å². The summed E-state index contributed by atoms with van der Waals surface area (Å²) in [6.07, 6.45) is 5.47. The highest BCUT2D eigenvalue weighted by Crippen LogP contribution is 2.65. The van der Waals surface area contributed by atoms with E-state index in [1.54, 1.807) is 30.3 Å². The zero-order valence-electron chi connectivity index (χ0n) is 16.9. The Morgan fingerprint density at radius 3 is 2.03 bits per heavy atom. The second-order valence-corrected chi connectivity index (χ2v) is 9.90. The molecule has 4 aliphatic carbocycles. The van der Waals surface area contributed by atoms with Crippen molar-refractivity contribution in [2.75, 3.05) is 11.5 Å². The van der Waals surface area contributed by atoms with Crippen LogP contribution in [0.1, 0.15) is 16.8 Å². The van der Waals surface area contributed by atoms with Crippen molar-refractivity contribution in [2.45, 2.75) is 6.42 Å². The first-order valence-corrected chi connectivity index (χ1v) is 11.5. The number of halogens is 2. The number of hydrogen-bond acceptors (Lipinski definition) is 4. The molecule has 1 heterocycles. The number of imide groups is 1. The van der Waals surface area contributed by atoms with Gasteiger partial charge in [-0.1, -0.05) is 35.4 Å². The molecule has 32 heavy (non-hydrogen) atoms. The second-order valence-electron chi connectivity index (χ2n) is 9.03. The minimum Gasteiger partial charge on any atom is -0.485 e. The first-order valence-electron chi connectivity index (χ1n) is 10.7. The zero-order chi connectivity index (χ0) is 22.1. The van der Waals surface area contributed by atoms with E-state index in [0.29, 0.717) is 38.9 Å². The third-order valence-corrected chi connectivity index (χ3v) is 7.75. The molecule has 2 unspecified atom stereocenters. The summed E-state index contributed by atoms with van der Waals surface area (Å²) < 4.78 is 5.60. The van der Waals surface area contributed by atoms with E-state index in [2.05, 4.69) is 12.2 Å². The van der Waals surface area contributed by atoms with Crippen LogP contribution in [-0.4, -0.2) is 24.2 Å². The molecule has 2 bridgehead atoms. The lowest BCUT2D eigenvalue weighted by atomic mass is 9.63. The molecule has 1 aliphatic heterocycles. The van der Waals surface area contributed by atoms with E-state index >= 15 is 0 Å². The number of hydrogen-bond donors (Lipinski definition) is 0. The number of ketones is 1. The molecule has 0 spiro atoms. The highest BCUT2D eigenvalue weighted by Gasteiger charge is 2.67. The summed E-state index contributed by atoms with van der Waals surface area (Å²) in [7, 11) is 0. The minimum absolute atomic E-state index is 0.0913. The molecule has 2 aromatic carbocycles. The lowest BCUT2D eigenvalue weighted by Gasteiger charge is -2.37. The summed E-state index contributed by atoms with van der Waals surface area (Å²) in [4.78, 5) is 40.1. The van der Waals surface area contributed by atoms with Gasteiger partial charge in [-0.3, -0.25) is 19.3 Å². The second kappa shape index (κ2) is 7.19. The van der Waals surface area contributed by atoms with E-state index in [0.717, 1.165) is 6.42 Å². The van der Waals surface area contributed by atoms with Crippen molar-refractivity contribution in [2.24, 2.45) is 35.5 Å². The summed E-state index contributed by atoms with van der Waals surface area (Å²) in [6, 6.07) is 11.4. The van der Waals surface area contributed by atoms with Crippen molar-refractivity contribution < 1.29 is 19.1 Å². The topological polar surface area (TPSA) is 63.7 Å². The van der Waals surface area contributed by atoms with Crippen molar-refractivity contribution in [1.82, 2.24) is 0 Å². The van der Waals surface area contributed by atoms with Crippen LogP contribution in [0.2, 0.25) is 10.0 Å². The molecule has 3 fully saturated rings. The van der Waals surface area contributed by atoms with Gasteiger partial charge in [0.2, 0.25) is 11.8 Å². The van der Waals surface area contributed by atoms with Crippen molar-refractivity contribution >= 4 is 46.5 Å². The number of allylic oxidation sites excluding steroid dienone is 2. The summed E-state index contributed by atoms with van der Waals surface area (Å²) in [5.41, 5.74) is 0.916. The Hall–Kier alpha value is -2.63. The normalized spacial score (nSPS) is 31.5.